The number of hydrogen-bond acceptors (Lipinski definition) is 4. The molecule has 0 aliphatic carbocycles. The molecule has 3 N–H and O–H groups in total. The average molecular weight is 246 g/mol. The Hall–Kier alpha value is 0.230. The molecule has 0 saturated carbocycles. The standard InChI is InChI=1S/C12H26N2OS/c1-12(2,3)16-9-10(14-13)6-7-11-5-4-8-15-11/h10-11,14H,4-9,13H2,1-3H3. The van der Waals surface area contributed by atoms with Crippen LogP contribution in [0.1, 0.15) is 46.5 Å². The van der Waals surface area contributed by atoms with Gasteiger partial charge in [-0.2, -0.15) is 11.8 Å². The van der Waals surface area contributed by atoms with Gasteiger partial charge in [0, 0.05) is 23.1 Å². The fourth-order valence-corrected chi connectivity index (χ4v) is 2.79. The Bertz CT molecular complexity index is 188. The molecule has 1 aliphatic rings. The van der Waals surface area contributed by atoms with Crippen LogP contribution in [0.15, 0.2) is 0 Å². The van der Waals surface area contributed by atoms with Gasteiger partial charge in [-0.3, -0.25) is 11.3 Å². The summed E-state index contributed by atoms with van der Waals surface area (Å²) >= 11 is 1.97. The molecule has 0 spiro atoms. The van der Waals surface area contributed by atoms with Crippen LogP contribution in [0.4, 0.5) is 0 Å². The predicted octanol–water partition coefficient (Wildman–Crippen LogP) is 2.31. The first-order valence-electron chi connectivity index (χ1n) is 6.23. The van der Waals surface area contributed by atoms with E-state index in [0.717, 1.165) is 25.2 Å². The highest BCUT2D eigenvalue weighted by molar-refractivity contribution is 8.00. The summed E-state index contributed by atoms with van der Waals surface area (Å²) in [5.74, 6) is 6.66. The maximum atomic E-state index is 5.62. The van der Waals surface area contributed by atoms with E-state index in [-0.39, 0.29) is 0 Å². The minimum Gasteiger partial charge on any atom is -0.378 e. The summed E-state index contributed by atoms with van der Waals surface area (Å²) in [6, 6.07) is 0.411. The van der Waals surface area contributed by atoms with Crippen molar-refractivity contribution in [2.24, 2.45) is 5.84 Å². The Morgan fingerprint density at radius 1 is 1.50 bits per heavy atom. The smallest absolute Gasteiger partial charge is 0.0576 e. The van der Waals surface area contributed by atoms with E-state index in [1.165, 1.54) is 12.8 Å². The van der Waals surface area contributed by atoms with Crippen LogP contribution in [-0.2, 0) is 4.74 Å². The van der Waals surface area contributed by atoms with Gasteiger partial charge < -0.3 is 4.74 Å². The summed E-state index contributed by atoms with van der Waals surface area (Å²) in [4.78, 5) is 0. The zero-order valence-electron chi connectivity index (χ0n) is 10.8. The van der Waals surface area contributed by atoms with E-state index in [0.29, 0.717) is 16.9 Å². The number of ether oxygens (including phenoxy) is 1. The van der Waals surface area contributed by atoms with Crippen LogP contribution in [0, 0.1) is 0 Å². The molecule has 3 nitrogen and oxygen atoms in total. The van der Waals surface area contributed by atoms with Gasteiger partial charge in [0.25, 0.3) is 0 Å². The zero-order chi connectivity index (χ0) is 12.0. The molecule has 1 saturated heterocycles. The molecule has 0 aromatic carbocycles. The van der Waals surface area contributed by atoms with Crippen molar-refractivity contribution in [3.05, 3.63) is 0 Å². The number of hydrazine groups is 1. The summed E-state index contributed by atoms with van der Waals surface area (Å²) in [5, 5.41) is 0. The highest BCUT2D eigenvalue weighted by Crippen LogP contribution is 2.25. The van der Waals surface area contributed by atoms with Crippen molar-refractivity contribution in [3.63, 3.8) is 0 Å². The molecule has 96 valence electrons. The van der Waals surface area contributed by atoms with Gasteiger partial charge in [-0.25, -0.2) is 0 Å². The molecular weight excluding hydrogens is 220 g/mol. The molecule has 16 heavy (non-hydrogen) atoms. The molecule has 0 aromatic heterocycles. The van der Waals surface area contributed by atoms with Gasteiger partial charge in [0.2, 0.25) is 0 Å². The molecule has 4 heteroatoms. The molecule has 0 bridgehead atoms. The molecule has 0 radical (unpaired) electrons. The normalized spacial score (nSPS) is 23.6. The van der Waals surface area contributed by atoms with E-state index < -0.39 is 0 Å². The quantitative estimate of drug-likeness (QED) is 0.558. The van der Waals surface area contributed by atoms with Crippen molar-refractivity contribution in [1.82, 2.24) is 5.43 Å². The van der Waals surface area contributed by atoms with Gasteiger partial charge in [0.1, 0.15) is 0 Å². The van der Waals surface area contributed by atoms with Gasteiger partial charge in [0.15, 0.2) is 0 Å². The first-order valence-corrected chi connectivity index (χ1v) is 7.21. The van der Waals surface area contributed by atoms with Crippen molar-refractivity contribution in [3.8, 4) is 0 Å². The molecule has 1 aliphatic heterocycles. The van der Waals surface area contributed by atoms with Crippen LogP contribution >= 0.6 is 11.8 Å². The van der Waals surface area contributed by atoms with Gasteiger partial charge in [-0.05, 0) is 25.7 Å². The van der Waals surface area contributed by atoms with Gasteiger partial charge in [-0.1, -0.05) is 20.8 Å². The third-order valence-corrected chi connectivity index (χ3v) is 4.25. The van der Waals surface area contributed by atoms with Crippen LogP contribution in [0.5, 0.6) is 0 Å². The van der Waals surface area contributed by atoms with E-state index in [9.17, 15) is 0 Å². The van der Waals surface area contributed by atoms with Crippen molar-refractivity contribution < 1.29 is 4.74 Å². The Kier molecular flexibility index (Phi) is 6.11. The van der Waals surface area contributed by atoms with Crippen molar-refractivity contribution in [2.45, 2.75) is 63.3 Å². The van der Waals surface area contributed by atoms with Gasteiger partial charge >= 0.3 is 0 Å². The molecular formula is C12H26N2OS. The van der Waals surface area contributed by atoms with Crippen molar-refractivity contribution in [1.29, 1.82) is 0 Å². The Morgan fingerprint density at radius 3 is 2.75 bits per heavy atom. The summed E-state index contributed by atoms with van der Waals surface area (Å²) in [6.45, 7) is 7.67. The van der Waals surface area contributed by atoms with Crippen LogP contribution in [-0.4, -0.2) is 29.3 Å². The summed E-state index contributed by atoms with van der Waals surface area (Å²) in [7, 11) is 0. The lowest BCUT2D eigenvalue weighted by Gasteiger charge is -2.23. The second-order valence-electron chi connectivity index (χ2n) is 5.50. The molecule has 2 unspecified atom stereocenters. The fraction of sp³-hybridized carbons (Fsp3) is 1.00. The maximum Gasteiger partial charge on any atom is 0.0576 e. The van der Waals surface area contributed by atoms with E-state index in [1.54, 1.807) is 0 Å². The fourth-order valence-electron chi connectivity index (χ4n) is 1.82. The number of thioether (sulfide) groups is 1. The zero-order valence-corrected chi connectivity index (χ0v) is 11.6. The summed E-state index contributed by atoms with van der Waals surface area (Å²) < 4.78 is 5.94. The lowest BCUT2D eigenvalue weighted by Crippen LogP contribution is -2.38. The van der Waals surface area contributed by atoms with Gasteiger partial charge in [-0.15, -0.1) is 0 Å². The highest BCUT2D eigenvalue weighted by atomic mass is 32.2. The van der Waals surface area contributed by atoms with Gasteiger partial charge in [0.05, 0.1) is 6.10 Å². The Balaban J connectivity index is 2.15. The van der Waals surface area contributed by atoms with Crippen LogP contribution in [0.2, 0.25) is 0 Å². The second kappa shape index (κ2) is 6.84. The monoisotopic (exact) mass is 246 g/mol. The number of hydrogen-bond donors (Lipinski definition) is 2. The van der Waals surface area contributed by atoms with E-state index >= 15 is 0 Å². The minimum atomic E-state index is 0.318. The van der Waals surface area contributed by atoms with Crippen molar-refractivity contribution >= 4 is 11.8 Å². The molecule has 1 fully saturated rings. The topological polar surface area (TPSA) is 47.3 Å². The van der Waals surface area contributed by atoms with E-state index in [1.807, 2.05) is 11.8 Å². The molecule has 0 amide bonds. The summed E-state index contributed by atoms with van der Waals surface area (Å²) in [5.41, 5.74) is 2.92. The third-order valence-electron chi connectivity index (χ3n) is 2.81. The lowest BCUT2D eigenvalue weighted by atomic mass is 10.1. The number of nitrogens with one attached hydrogen (secondary N) is 1. The number of nitrogens with two attached hydrogens (primary N) is 1. The summed E-state index contributed by atoms with van der Waals surface area (Å²) in [6.07, 6.45) is 5.19. The second-order valence-corrected chi connectivity index (χ2v) is 7.35. The van der Waals surface area contributed by atoms with E-state index in [2.05, 4.69) is 26.2 Å². The van der Waals surface area contributed by atoms with E-state index in [4.69, 9.17) is 10.6 Å². The first kappa shape index (κ1) is 14.3. The third kappa shape index (κ3) is 6.09. The first-order chi connectivity index (χ1) is 7.51. The van der Waals surface area contributed by atoms with Crippen LogP contribution < -0.4 is 11.3 Å². The molecule has 1 rings (SSSR count). The highest BCUT2D eigenvalue weighted by Gasteiger charge is 2.19. The maximum absolute atomic E-state index is 5.62. The number of rotatable bonds is 6. The lowest BCUT2D eigenvalue weighted by molar-refractivity contribution is 0.100. The average Bonchev–Trinajstić information content (AvgIpc) is 2.69. The van der Waals surface area contributed by atoms with Crippen LogP contribution in [0.3, 0.4) is 0 Å². The molecule has 1 heterocycles. The SMILES string of the molecule is CC(C)(C)SCC(CCC1CCCO1)NN. The molecule has 2 atom stereocenters. The Labute approximate surface area is 104 Å². The minimum absolute atomic E-state index is 0.318. The van der Waals surface area contributed by atoms with Crippen LogP contribution in [0.25, 0.3) is 0 Å². The largest absolute Gasteiger partial charge is 0.378 e. The van der Waals surface area contributed by atoms with Crippen molar-refractivity contribution in [2.75, 3.05) is 12.4 Å². The predicted molar refractivity (Wildman–Crippen MR) is 71.5 cm³/mol. The Morgan fingerprint density at radius 2 is 2.25 bits per heavy atom. The molecule has 0 aromatic rings.